The zero-order valence-electron chi connectivity index (χ0n) is 9.09. The van der Waals surface area contributed by atoms with Gasteiger partial charge in [0, 0.05) is 5.92 Å². The molecule has 0 saturated heterocycles. The highest BCUT2D eigenvalue weighted by molar-refractivity contribution is 5.79. The fourth-order valence-corrected chi connectivity index (χ4v) is 3.39. The van der Waals surface area contributed by atoms with Gasteiger partial charge in [-0.1, -0.05) is 25.0 Å². The molecular weight excluding hydrogens is 172 g/mol. The fraction of sp³-hybridized carbons (Fsp3) is 0.769. The molecule has 78 valence electrons. The summed E-state index contributed by atoms with van der Waals surface area (Å²) in [5, 5.41) is 0. The van der Waals surface area contributed by atoms with Crippen LogP contribution in [0.4, 0.5) is 0 Å². The number of carbonyl (C=O) groups excluding carboxylic acids is 1. The zero-order chi connectivity index (χ0) is 10.1. The lowest BCUT2D eigenvalue weighted by Gasteiger charge is -2.41. The minimum atomic E-state index is 0.353. The lowest BCUT2D eigenvalue weighted by atomic mass is 9.63. The Morgan fingerprint density at radius 3 is 2.71 bits per heavy atom. The summed E-state index contributed by atoms with van der Waals surface area (Å²) in [6.45, 7) is 5.95. The monoisotopic (exact) mass is 192 g/mol. The lowest BCUT2D eigenvalue weighted by Crippen LogP contribution is -2.35. The van der Waals surface area contributed by atoms with Crippen LogP contribution < -0.4 is 0 Å². The van der Waals surface area contributed by atoms with Crippen molar-refractivity contribution in [1.29, 1.82) is 0 Å². The SMILES string of the molecule is C=C1CC[C@@H](C(C)=O)C2CCCC[C@H]12. The summed E-state index contributed by atoms with van der Waals surface area (Å²) in [5.41, 5.74) is 1.42. The number of allylic oxidation sites excluding steroid dienone is 1. The van der Waals surface area contributed by atoms with Crippen LogP contribution in [0.2, 0.25) is 0 Å². The smallest absolute Gasteiger partial charge is 0.133 e. The highest BCUT2D eigenvalue weighted by Crippen LogP contribution is 2.46. The maximum atomic E-state index is 11.5. The van der Waals surface area contributed by atoms with Gasteiger partial charge in [0.1, 0.15) is 5.78 Å². The predicted molar refractivity (Wildman–Crippen MR) is 58.0 cm³/mol. The number of hydrogen-bond donors (Lipinski definition) is 0. The third kappa shape index (κ3) is 1.65. The normalized spacial score (nSPS) is 37.8. The molecule has 0 aromatic carbocycles. The largest absolute Gasteiger partial charge is 0.300 e. The van der Waals surface area contributed by atoms with Crippen LogP contribution in [-0.4, -0.2) is 5.78 Å². The van der Waals surface area contributed by atoms with Gasteiger partial charge in [-0.15, -0.1) is 0 Å². The molecule has 0 aromatic rings. The van der Waals surface area contributed by atoms with E-state index in [0.717, 1.165) is 12.8 Å². The van der Waals surface area contributed by atoms with Crippen molar-refractivity contribution in [3.8, 4) is 0 Å². The predicted octanol–water partition coefficient (Wildman–Crippen LogP) is 3.35. The molecule has 0 spiro atoms. The van der Waals surface area contributed by atoms with Gasteiger partial charge < -0.3 is 0 Å². The van der Waals surface area contributed by atoms with E-state index in [-0.39, 0.29) is 0 Å². The van der Waals surface area contributed by atoms with E-state index in [1.165, 1.54) is 31.3 Å². The first-order valence-corrected chi connectivity index (χ1v) is 5.88. The molecule has 0 N–H and O–H groups in total. The van der Waals surface area contributed by atoms with E-state index in [0.29, 0.717) is 23.5 Å². The first kappa shape index (κ1) is 9.95. The van der Waals surface area contributed by atoms with Gasteiger partial charge in [-0.3, -0.25) is 4.79 Å². The summed E-state index contributed by atoms with van der Waals surface area (Å²) in [6, 6.07) is 0. The van der Waals surface area contributed by atoms with Gasteiger partial charge in [-0.2, -0.15) is 0 Å². The topological polar surface area (TPSA) is 17.1 Å². The zero-order valence-corrected chi connectivity index (χ0v) is 9.09. The van der Waals surface area contributed by atoms with E-state index in [2.05, 4.69) is 6.58 Å². The third-order valence-corrected chi connectivity index (χ3v) is 4.16. The van der Waals surface area contributed by atoms with Crippen LogP contribution in [0.5, 0.6) is 0 Å². The molecule has 3 atom stereocenters. The number of ketones is 1. The van der Waals surface area contributed by atoms with E-state index in [9.17, 15) is 4.79 Å². The summed E-state index contributed by atoms with van der Waals surface area (Å²) in [4.78, 5) is 11.5. The second-order valence-electron chi connectivity index (χ2n) is 4.97. The number of rotatable bonds is 1. The Kier molecular flexibility index (Phi) is 2.76. The highest BCUT2D eigenvalue weighted by Gasteiger charge is 2.38. The molecule has 14 heavy (non-hydrogen) atoms. The Bertz CT molecular complexity index is 252. The van der Waals surface area contributed by atoms with E-state index in [4.69, 9.17) is 0 Å². The average molecular weight is 192 g/mol. The minimum absolute atomic E-state index is 0.353. The summed E-state index contributed by atoms with van der Waals surface area (Å²) in [6.07, 6.45) is 7.35. The maximum absolute atomic E-state index is 11.5. The Labute approximate surface area is 86.6 Å². The molecule has 2 rings (SSSR count). The van der Waals surface area contributed by atoms with Crippen molar-refractivity contribution in [2.45, 2.75) is 45.4 Å². The van der Waals surface area contributed by atoms with Gasteiger partial charge in [0.05, 0.1) is 0 Å². The summed E-state index contributed by atoms with van der Waals surface area (Å²) in [5.74, 6) is 2.08. The first-order chi connectivity index (χ1) is 6.70. The Morgan fingerprint density at radius 1 is 1.29 bits per heavy atom. The van der Waals surface area contributed by atoms with E-state index >= 15 is 0 Å². The summed E-state index contributed by atoms with van der Waals surface area (Å²) < 4.78 is 0. The van der Waals surface area contributed by atoms with Crippen molar-refractivity contribution < 1.29 is 4.79 Å². The van der Waals surface area contributed by atoms with Crippen LogP contribution in [0.25, 0.3) is 0 Å². The quantitative estimate of drug-likeness (QED) is 0.582. The molecule has 0 heterocycles. The van der Waals surface area contributed by atoms with Gasteiger partial charge in [-0.25, -0.2) is 0 Å². The number of Topliss-reactive ketones (excluding diaryl/α,β-unsaturated/α-hetero) is 1. The van der Waals surface area contributed by atoms with Crippen molar-refractivity contribution in [2.75, 3.05) is 0 Å². The molecule has 0 radical (unpaired) electrons. The number of carbonyl (C=O) groups is 1. The molecule has 1 heteroatoms. The Hall–Kier alpha value is -0.590. The van der Waals surface area contributed by atoms with Crippen LogP contribution in [0, 0.1) is 17.8 Å². The van der Waals surface area contributed by atoms with Gasteiger partial charge in [0.25, 0.3) is 0 Å². The van der Waals surface area contributed by atoms with Crippen molar-refractivity contribution in [3.63, 3.8) is 0 Å². The lowest BCUT2D eigenvalue weighted by molar-refractivity contribution is -0.124. The minimum Gasteiger partial charge on any atom is -0.300 e. The highest BCUT2D eigenvalue weighted by atomic mass is 16.1. The first-order valence-electron chi connectivity index (χ1n) is 5.88. The Balaban J connectivity index is 2.16. The molecule has 1 unspecified atom stereocenters. The van der Waals surface area contributed by atoms with E-state index in [1.807, 2.05) is 0 Å². The number of hydrogen-bond acceptors (Lipinski definition) is 1. The van der Waals surface area contributed by atoms with Crippen LogP contribution in [0.15, 0.2) is 12.2 Å². The maximum Gasteiger partial charge on any atom is 0.133 e. The van der Waals surface area contributed by atoms with Crippen molar-refractivity contribution in [1.82, 2.24) is 0 Å². The molecule has 0 aliphatic heterocycles. The van der Waals surface area contributed by atoms with Crippen molar-refractivity contribution in [2.24, 2.45) is 17.8 Å². The van der Waals surface area contributed by atoms with Gasteiger partial charge >= 0.3 is 0 Å². The van der Waals surface area contributed by atoms with Gasteiger partial charge in [0.2, 0.25) is 0 Å². The summed E-state index contributed by atoms with van der Waals surface area (Å²) >= 11 is 0. The fourth-order valence-electron chi connectivity index (χ4n) is 3.39. The van der Waals surface area contributed by atoms with E-state index < -0.39 is 0 Å². The number of fused-ring (bicyclic) bond motifs is 1. The van der Waals surface area contributed by atoms with Gasteiger partial charge in [-0.05, 0) is 44.4 Å². The Morgan fingerprint density at radius 2 is 2.00 bits per heavy atom. The van der Waals surface area contributed by atoms with Crippen LogP contribution in [0.1, 0.15) is 45.4 Å². The van der Waals surface area contributed by atoms with Crippen molar-refractivity contribution in [3.05, 3.63) is 12.2 Å². The van der Waals surface area contributed by atoms with Crippen molar-refractivity contribution >= 4 is 5.78 Å². The van der Waals surface area contributed by atoms with Crippen LogP contribution in [-0.2, 0) is 4.79 Å². The molecule has 2 aliphatic rings. The molecule has 0 bridgehead atoms. The molecule has 1 nitrogen and oxygen atoms in total. The summed E-state index contributed by atoms with van der Waals surface area (Å²) in [7, 11) is 0. The van der Waals surface area contributed by atoms with Gasteiger partial charge in [0.15, 0.2) is 0 Å². The average Bonchev–Trinajstić information content (AvgIpc) is 2.18. The molecule has 2 saturated carbocycles. The molecular formula is C13H20O. The molecule has 2 aliphatic carbocycles. The third-order valence-electron chi connectivity index (χ3n) is 4.16. The molecule has 0 amide bonds. The second-order valence-corrected chi connectivity index (χ2v) is 4.97. The second kappa shape index (κ2) is 3.88. The van der Waals surface area contributed by atoms with Crippen LogP contribution in [0.3, 0.4) is 0 Å². The standard InChI is InChI=1S/C13H20O/c1-9-7-8-12(10(2)14)13-6-4-3-5-11(9)13/h11-13H,1,3-8H2,2H3/t11-,12+,13?/m1/s1. The van der Waals surface area contributed by atoms with Crippen LogP contribution >= 0.6 is 0 Å². The molecule has 0 aromatic heterocycles. The van der Waals surface area contributed by atoms with E-state index in [1.54, 1.807) is 6.92 Å². The molecule has 2 fully saturated rings.